The summed E-state index contributed by atoms with van der Waals surface area (Å²) in [6.07, 6.45) is 1.68. The lowest BCUT2D eigenvalue weighted by molar-refractivity contribution is -0.143. The Kier molecular flexibility index (Phi) is 8.14. The van der Waals surface area contributed by atoms with Crippen molar-refractivity contribution in [3.8, 4) is 0 Å². The summed E-state index contributed by atoms with van der Waals surface area (Å²) in [7, 11) is 0. The van der Waals surface area contributed by atoms with Crippen molar-refractivity contribution in [3.05, 3.63) is 36.0 Å². The van der Waals surface area contributed by atoms with E-state index >= 15 is 0 Å². The second kappa shape index (κ2) is 10.6. The minimum atomic E-state index is -1.32. The van der Waals surface area contributed by atoms with Gasteiger partial charge in [0, 0.05) is 23.5 Å². The summed E-state index contributed by atoms with van der Waals surface area (Å²) < 4.78 is 0. The van der Waals surface area contributed by atoms with E-state index in [1.807, 2.05) is 31.2 Å². The quantitative estimate of drug-likeness (QED) is 0.301. The van der Waals surface area contributed by atoms with E-state index in [-0.39, 0.29) is 12.3 Å². The number of nitrogens with two attached hydrogens (primary N) is 1. The van der Waals surface area contributed by atoms with Gasteiger partial charge in [-0.15, -0.1) is 0 Å². The molecule has 0 saturated heterocycles. The predicted octanol–water partition coefficient (Wildman–Crippen LogP) is 0.613. The third-order valence-corrected chi connectivity index (χ3v) is 5.24. The number of carboxylic acid groups (broad SMARTS) is 2. The van der Waals surface area contributed by atoms with Gasteiger partial charge in [-0.25, -0.2) is 4.79 Å². The maximum absolute atomic E-state index is 12.9. The molecule has 168 valence electrons. The van der Waals surface area contributed by atoms with Crippen LogP contribution in [0.15, 0.2) is 30.5 Å². The number of aromatic nitrogens is 1. The molecule has 2 amide bonds. The summed E-state index contributed by atoms with van der Waals surface area (Å²) in [6, 6.07) is 3.82. The number of hydrogen-bond donors (Lipinski definition) is 6. The van der Waals surface area contributed by atoms with Gasteiger partial charge in [-0.2, -0.15) is 0 Å². The molecule has 31 heavy (non-hydrogen) atoms. The van der Waals surface area contributed by atoms with Gasteiger partial charge < -0.3 is 31.6 Å². The molecule has 0 saturated carbocycles. The number of para-hydroxylation sites is 1. The van der Waals surface area contributed by atoms with E-state index in [1.54, 1.807) is 13.1 Å². The first-order valence-electron chi connectivity index (χ1n) is 9.99. The van der Waals surface area contributed by atoms with Gasteiger partial charge in [-0.05, 0) is 17.5 Å². The van der Waals surface area contributed by atoms with Gasteiger partial charge in [-0.3, -0.25) is 14.4 Å². The smallest absolute Gasteiger partial charge is 0.326 e. The van der Waals surface area contributed by atoms with Crippen molar-refractivity contribution in [3.63, 3.8) is 0 Å². The SMILES string of the molecule is CC[C@H](C)[C@H](NC(=O)[C@@H](N)CC(=O)O)C(=O)N[C@@H](Cc1c[nH]c2ccccc12)C(=O)O. The minimum Gasteiger partial charge on any atom is -0.481 e. The standard InChI is InChI=1S/C21H28N4O6/c1-3-11(2)18(25-19(28)14(22)9-17(26)27)20(29)24-16(21(30)31)8-12-10-23-15-7-5-4-6-13(12)15/h4-7,10-11,14,16,18,23H,3,8-9,22H2,1-2H3,(H,24,29)(H,25,28)(H,26,27)(H,30,31)/t11-,14-,16-,18-/m0/s1. The van der Waals surface area contributed by atoms with Crippen LogP contribution in [0.2, 0.25) is 0 Å². The van der Waals surface area contributed by atoms with Crippen LogP contribution < -0.4 is 16.4 Å². The van der Waals surface area contributed by atoms with Crippen LogP contribution in [0.4, 0.5) is 0 Å². The van der Waals surface area contributed by atoms with E-state index in [9.17, 15) is 24.3 Å². The topological polar surface area (TPSA) is 175 Å². The normalized spacial score (nSPS) is 14.9. The summed E-state index contributed by atoms with van der Waals surface area (Å²) in [6.45, 7) is 3.54. The molecule has 10 nitrogen and oxygen atoms in total. The summed E-state index contributed by atoms with van der Waals surface area (Å²) in [5, 5.41) is 24.3. The predicted molar refractivity (Wildman–Crippen MR) is 113 cm³/mol. The molecule has 0 aliphatic heterocycles. The van der Waals surface area contributed by atoms with E-state index in [1.165, 1.54) is 0 Å². The van der Waals surface area contributed by atoms with Crippen LogP contribution in [-0.2, 0) is 25.6 Å². The lowest BCUT2D eigenvalue weighted by Gasteiger charge is -2.26. The summed E-state index contributed by atoms with van der Waals surface area (Å²) in [4.78, 5) is 50.8. The zero-order valence-electron chi connectivity index (χ0n) is 17.4. The number of aromatic amines is 1. The molecular weight excluding hydrogens is 404 g/mol. The average molecular weight is 432 g/mol. The minimum absolute atomic E-state index is 0.0464. The summed E-state index contributed by atoms with van der Waals surface area (Å²) >= 11 is 0. The van der Waals surface area contributed by atoms with Crippen LogP contribution in [-0.4, -0.2) is 57.1 Å². The Morgan fingerprint density at radius 2 is 1.77 bits per heavy atom. The number of carbonyl (C=O) groups is 4. The van der Waals surface area contributed by atoms with Gasteiger partial charge in [0.2, 0.25) is 11.8 Å². The molecule has 2 aromatic rings. The first-order valence-corrected chi connectivity index (χ1v) is 9.99. The third-order valence-electron chi connectivity index (χ3n) is 5.24. The Hall–Kier alpha value is -3.40. The van der Waals surface area contributed by atoms with Crippen molar-refractivity contribution < 1.29 is 29.4 Å². The fraction of sp³-hybridized carbons (Fsp3) is 0.429. The Labute approximate surface area is 179 Å². The maximum Gasteiger partial charge on any atom is 0.326 e. The van der Waals surface area contributed by atoms with E-state index in [0.29, 0.717) is 6.42 Å². The summed E-state index contributed by atoms with van der Waals surface area (Å²) in [5.74, 6) is -4.24. The van der Waals surface area contributed by atoms with Crippen molar-refractivity contribution in [2.75, 3.05) is 0 Å². The highest BCUT2D eigenvalue weighted by Crippen LogP contribution is 2.19. The largest absolute Gasteiger partial charge is 0.481 e. The zero-order chi connectivity index (χ0) is 23.1. The number of carboxylic acids is 2. The molecule has 1 heterocycles. The molecule has 0 aliphatic carbocycles. The van der Waals surface area contributed by atoms with Gasteiger partial charge >= 0.3 is 11.9 Å². The van der Waals surface area contributed by atoms with E-state index in [4.69, 9.17) is 10.8 Å². The maximum atomic E-state index is 12.9. The van der Waals surface area contributed by atoms with Crippen molar-refractivity contribution in [1.29, 1.82) is 0 Å². The van der Waals surface area contributed by atoms with Gasteiger partial charge in [0.25, 0.3) is 0 Å². The molecule has 4 atom stereocenters. The first-order chi connectivity index (χ1) is 14.6. The van der Waals surface area contributed by atoms with Gasteiger partial charge in [0.15, 0.2) is 0 Å². The molecule has 0 fully saturated rings. The highest BCUT2D eigenvalue weighted by atomic mass is 16.4. The molecule has 0 unspecified atom stereocenters. The van der Waals surface area contributed by atoms with Crippen molar-refractivity contribution in [2.45, 2.75) is 51.2 Å². The van der Waals surface area contributed by atoms with Gasteiger partial charge in [0.05, 0.1) is 12.5 Å². The first kappa shape index (κ1) is 23.9. The Balaban J connectivity index is 2.15. The fourth-order valence-electron chi connectivity index (χ4n) is 3.23. The number of carbonyl (C=O) groups excluding carboxylic acids is 2. The molecule has 2 rings (SSSR count). The van der Waals surface area contributed by atoms with E-state index in [0.717, 1.165) is 16.5 Å². The molecular formula is C21H28N4O6. The number of nitrogens with one attached hydrogen (secondary N) is 3. The van der Waals surface area contributed by atoms with Crippen molar-refractivity contribution >= 4 is 34.7 Å². The Morgan fingerprint density at radius 1 is 1.10 bits per heavy atom. The average Bonchev–Trinajstić information content (AvgIpc) is 3.13. The van der Waals surface area contributed by atoms with Crippen LogP contribution >= 0.6 is 0 Å². The Bertz CT molecular complexity index is 956. The number of fused-ring (bicyclic) bond motifs is 1. The number of rotatable bonds is 11. The van der Waals surface area contributed by atoms with E-state index in [2.05, 4.69) is 15.6 Å². The highest BCUT2D eigenvalue weighted by molar-refractivity contribution is 5.93. The monoisotopic (exact) mass is 432 g/mol. The van der Waals surface area contributed by atoms with Gasteiger partial charge in [0.1, 0.15) is 12.1 Å². The number of hydrogen-bond acceptors (Lipinski definition) is 5. The number of aliphatic carboxylic acids is 2. The number of benzene rings is 1. The second-order valence-corrected chi connectivity index (χ2v) is 7.54. The van der Waals surface area contributed by atoms with Crippen LogP contribution in [0, 0.1) is 5.92 Å². The van der Waals surface area contributed by atoms with Crippen LogP contribution in [0.5, 0.6) is 0 Å². The molecule has 0 radical (unpaired) electrons. The Morgan fingerprint density at radius 3 is 2.39 bits per heavy atom. The lowest BCUT2D eigenvalue weighted by atomic mass is 9.96. The van der Waals surface area contributed by atoms with Crippen molar-refractivity contribution in [1.82, 2.24) is 15.6 Å². The van der Waals surface area contributed by atoms with Gasteiger partial charge in [-0.1, -0.05) is 38.5 Å². The summed E-state index contributed by atoms with van der Waals surface area (Å²) in [5.41, 5.74) is 7.16. The van der Waals surface area contributed by atoms with Crippen molar-refractivity contribution in [2.24, 2.45) is 11.7 Å². The third kappa shape index (κ3) is 6.29. The van der Waals surface area contributed by atoms with Crippen LogP contribution in [0.3, 0.4) is 0 Å². The fourth-order valence-corrected chi connectivity index (χ4v) is 3.23. The van der Waals surface area contributed by atoms with Crippen LogP contribution in [0.25, 0.3) is 10.9 Å². The number of amides is 2. The molecule has 0 bridgehead atoms. The molecule has 1 aromatic heterocycles. The molecule has 1 aromatic carbocycles. The lowest BCUT2D eigenvalue weighted by Crippen LogP contribution is -2.57. The molecule has 0 aliphatic rings. The molecule has 0 spiro atoms. The molecule has 10 heteroatoms. The number of H-pyrrole nitrogens is 1. The van der Waals surface area contributed by atoms with Crippen LogP contribution in [0.1, 0.15) is 32.3 Å². The highest BCUT2D eigenvalue weighted by Gasteiger charge is 2.31. The van der Waals surface area contributed by atoms with E-state index < -0.39 is 48.3 Å². The zero-order valence-corrected chi connectivity index (χ0v) is 17.4. The second-order valence-electron chi connectivity index (χ2n) is 7.54. The molecule has 7 N–H and O–H groups in total.